The van der Waals surface area contributed by atoms with Gasteiger partial charge in [-0.2, -0.15) is 0 Å². The summed E-state index contributed by atoms with van der Waals surface area (Å²) in [4.78, 5) is 22.5. The highest BCUT2D eigenvalue weighted by molar-refractivity contribution is 5.97. The van der Waals surface area contributed by atoms with Crippen molar-refractivity contribution in [1.82, 2.24) is 5.32 Å². The molecule has 0 aromatic heterocycles. The van der Waals surface area contributed by atoms with Gasteiger partial charge in [0.05, 0.1) is 0 Å². The molecule has 0 aliphatic rings. The fourth-order valence-corrected chi connectivity index (χ4v) is 1.49. The van der Waals surface area contributed by atoms with Crippen molar-refractivity contribution < 1.29 is 27.9 Å². The SMILES string of the molecule is CC(C)[C@H](NC(=O)c1c(F)cc(F)cc1F)C(=O)O. The number of amides is 1. The third-order valence-electron chi connectivity index (χ3n) is 2.45. The van der Waals surface area contributed by atoms with Crippen LogP contribution in [-0.2, 0) is 4.79 Å². The molecule has 0 fully saturated rings. The van der Waals surface area contributed by atoms with Crippen LogP contribution in [0.1, 0.15) is 24.2 Å². The quantitative estimate of drug-likeness (QED) is 0.882. The number of halogens is 3. The lowest BCUT2D eigenvalue weighted by atomic mass is 10.0. The summed E-state index contributed by atoms with van der Waals surface area (Å²) in [6.07, 6.45) is 0. The number of carbonyl (C=O) groups is 2. The molecule has 7 heteroatoms. The van der Waals surface area contributed by atoms with Crippen molar-refractivity contribution in [3.8, 4) is 0 Å². The molecule has 0 heterocycles. The second kappa shape index (κ2) is 5.73. The molecule has 0 radical (unpaired) electrons. The van der Waals surface area contributed by atoms with E-state index in [0.29, 0.717) is 12.1 Å². The van der Waals surface area contributed by atoms with Crippen LogP contribution in [0.4, 0.5) is 13.2 Å². The highest BCUT2D eigenvalue weighted by Gasteiger charge is 2.27. The average molecular weight is 275 g/mol. The van der Waals surface area contributed by atoms with Crippen LogP contribution in [0.5, 0.6) is 0 Å². The van der Waals surface area contributed by atoms with Gasteiger partial charge in [0.25, 0.3) is 5.91 Å². The van der Waals surface area contributed by atoms with Gasteiger partial charge in [-0.05, 0) is 5.92 Å². The first-order valence-electron chi connectivity index (χ1n) is 5.42. The zero-order valence-electron chi connectivity index (χ0n) is 10.2. The number of carboxylic acid groups (broad SMARTS) is 1. The minimum Gasteiger partial charge on any atom is -0.480 e. The predicted octanol–water partition coefficient (Wildman–Crippen LogP) is 1.94. The molecule has 1 amide bonds. The fourth-order valence-electron chi connectivity index (χ4n) is 1.49. The summed E-state index contributed by atoms with van der Waals surface area (Å²) in [7, 11) is 0. The maximum atomic E-state index is 13.3. The minimum absolute atomic E-state index is 0.350. The molecular weight excluding hydrogens is 263 g/mol. The number of rotatable bonds is 4. The molecule has 1 atom stereocenters. The van der Waals surface area contributed by atoms with Crippen LogP contribution in [0, 0.1) is 23.4 Å². The van der Waals surface area contributed by atoms with Crippen LogP contribution in [0.3, 0.4) is 0 Å². The van der Waals surface area contributed by atoms with E-state index in [2.05, 4.69) is 0 Å². The Balaban J connectivity index is 3.05. The normalized spacial score (nSPS) is 12.3. The molecule has 0 aliphatic heterocycles. The summed E-state index contributed by atoms with van der Waals surface area (Å²) in [5.41, 5.74) is -1.01. The number of carboxylic acids is 1. The molecule has 4 nitrogen and oxygen atoms in total. The maximum Gasteiger partial charge on any atom is 0.326 e. The monoisotopic (exact) mass is 275 g/mol. The van der Waals surface area contributed by atoms with Crippen molar-refractivity contribution >= 4 is 11.9 Å². The second-order valence-corrected chi connectivity index (χ2v) is 4.28. The Morgan fingerprint density at radius 2 is 1.63 bits per heavy atom. The summed E-state index contributed by atoms with van der Waals surface area (Å²) in [5.74, 6) is -6.98. The van der Waals surface area contributed by atoms with E-state index < -0.39 is 46.9 Å². The maximum absolute atomic E-state index is 13.3. The Morgan fingerprint density at radius 3 is 2.00 bits per heavy atom. The van der Waals surface area contributed by atoms with Gasteiger partial charge < -0.3 is 10.4 Å². The van der Waals surface area contributed by atoms with Gasteiger partial charge in [-0.3, -0.25) is 4.79 Å². The molecular formula is C12H12F3NO3. The first-order valence-corrected chi connectivity index (χ1v) is 5.42. The lowest BCUT2D eigenvalue weighted by Crippen LogP contribution is -2.44. The second-order valence-electron chi connectivity index (χ2n) is 4.28. The van der Waals surface area contributed by atoms with E-state index in [1.807, 2.05) is 5.32 Å². The molecule has 1 aromatic rings. The van der Waals surface area contributed by atoms with E-state index in [-0.39, 0.29) is 0 Å². The van der Waals surface area contributed by atoms with Crippen molar-refractivity contribution in [2.45, 2.75) is 19.9 Å². The molecule has 1 aromatic carbocycles. The Bertz CT molecular complexity index is 494. The average Bonchev–Trinajstić information content (AvgIpc) is 2.23. The van der Waals surface area contributed by atoms with Gasteiger partial charge in [-0.25, -0.2) is 18.0 Å². The molecule has 104 valence electrons. The zero-order valence-corrected chi connectivity index (χ0v) is 10.2. The Labute approximate surface area is 107 Å². The number of hydrogen-bond acceptors (Lipinski definition) is 2. The number of carbonyl (C=O) groups excluding carboxylic acids is 1. The first-order chi connectivity index (χ1) is 8.73. The van der Waals surface area contributed by atoms with Crippen molar-refractivity contribution in [2.24, 2.45) is 5.92 Å². The highest BCUT2D eigenvalue weighted by atomic mass is 19.1. The Kier molecular flexibility index (Phi) is 4.52. The van der Waals surface area contributed by atoms with Crippen LogP contribution >= 0.6 is 0 Å². The third-order valence-corrected chi connectivity index (χ3v) is 2.45. The molecule has 0 bridgehead atoms. The Hall–Kier alpha value is -2.05. The van der Waals surface area contributed by atoms with E-state index >= 15 is 0 Å². The molecule has 0 aliphatic carbocycles. The molecule has 19 heavy (non-hydrogen) atoms. The van der Waals surface area contributed by atoms with Crippen LogP contribution in [0.2, 0.25) is 0 Å². The van der Waals surface area contributed by atoms with Crippen molar-refractivity contribution in [3.05, 3.63) is 35.1 Å². The predicted molar refractivity (Wildman–Crippen MR) is 60.0 cm³/mol. The molecule has 1 rings (SSSR count). The summed E-state index contributed by atoms with van der Waals surface area (Å²) in [6, 6.07) is -0.594. The van der Waals surface area contributed by atoms with E-state index in [1.54, 1.807) is 0 Å². The van der Waals surface area contributed by atoms with Crippen molar-refractivity contribution in [3.63, 3.8) is 0 Å². The van der Waals surface area contributed by atoms with Crippen LogP contribution < -0.4 is 5.32 Å². The number of nitrogens with one attached hydrogen (secondary N) is 1. The van der Waals surface area contributed by atoms with Gasteiger partial charge in [0.2, 0.25) is 0 Å². The van der Waals surface area contributed by atoms with Crippen molar-refractivity contribution in [1.29, 1.82) is 0 Å². The molecule has 2 N–H and O–H groups in total. The van der Waals surface area contributed by atoms with Gasteiger partial charge in [0, 0.05) is 12.1 Å². The standard InChI is InChI=1S/C12H12F3NO3/c1-5(2)10(12(18)19)16-11(17)9-7(14)3-6(13)4-8(9)15/h3-5,10H,1-2H3,(H,16,17)(H,18,19)/t10-/m0/s1. The summed E-state index contributed by atoms with van der Waals surface area (Å²) < 4.78 is 39.3. The zero-order chi connectivity index (χ0) is 14.7. The lowest BCUT2D eigenvalue weighted by molar-refractivity contribution is -0.140. The van der Waals surface area contributed by atoms with Crippen LogP contribution in [-0.4, -0.2) is 23.0 Å². The number of aliphatic carboxylic acids is 1. The first kappa shape index (κ1) is 15.0. The Morgan fingerprint density at radius 1 is 1.16 bits per heavy atom. The number of benzene rings is 1. The van der Waals surface area contributed by atoms with Gasteiger partial charge >= 0.3 is 5.97 Å². The van der Waals surface area contributed by atoms with E-state index in [1.165, 1.54) is 13.8 Å². The minimum atomic E-state index is -1.39. The van der Waals surface area contributed by atoms with Gasteiger partial charge in [0.1, 0.15) is 29.1 Å². The van der Waals surface area contributed by atoms with Gasteiger partial charge in [0.15, 0.2) is 0 Å². The highest BCUT2D eigenvalue weighted by Crippen LogP contribution is 2.15. The van der Waals surface area contributed by atoms with E-state index in [9.17, 15) is 22.8 Å². The largest absolute Gasteiger partial charge is 0.480 e. The third kappa shape index (κ3) is 3.46. The van der Waals surface area contributed by atoms with Crippen molar-refractivity contribution in [2.75, 3.05) is 0 Å². The molecule has 0 saturated heterocycles. The van der Waals surface area contributed by atoms with Gasteiger partial charge in [-0.1, -0.05) is 13.8 Å². The molecule has 0 unspecified atom stereocenters. The topological polar surface area (TPSA) is 66.4 Å². The van der Waals surface area contributed by atoms with Gasteiger partial charge in [-0.15, -0.1) is 0 Å². The lowest BCUT2D eigenvalue weighted by Gasteiger charge is -2.18. The summed E-state index contributed by atoms with van der Waals surface area (Å²) in [6.45, 7) is 3.05. The molecule has 0 saturated carbocycles. The fraction of sp³-hybridized carbons (Fsp3) is 0.333. The van der Waals surface area contributed by atoms with E-state index in [0.717, 1.165) is 0 Å². The smallest absolute Gasteiger partial charge is 0.326 e. The summed E-state index contributed by atoms with van der Waals surface area (Å²) >= 11 is 0. The number of hydrogen-bond donors (Lipinski definition) is 2. The summed E-state index contributed by atoms with van der Waals surface area (Å²) in [5, 5.41) is 10.9. The van der Waals surface area contributed by atoms with Crippen LogP contribution in [0.25, 0.3) is 0 Å². The molecule has 0 spiro atoms. The van der Waals surface area contributed by atoms with E-state index in [4.69, 9.17) is 5.11 Å². The van der Waals surface area contributed by atoms with Crippen LogP contribution in [0.15, 0.2) is 12.1 Å².